The van der Waals surface area contributed by atoms with Crippen molar-refractivity contribution in [3.8, 4) is 5.75 Å². The van der Waals surface area contributed by atoms with Crippen LogP contribution < -0.4 is 4.74 Å². The molecule has 2 heterocycles. The minimum atomic E-state index is 0.118. The number of hydrogen-bond acceptors (Lipinski definition) is 3. The summed E-state index contributed by atoms with van der Waals surface area (Å²) in [7, 11) is 0. The first-order valence-corrected chi connectivity index (χ1v) is 6.83. The molecule has 1 fully saturated rings. The Balaban J connectivity index is 1.47. The van der Waals surface area contributed by atoms with Crippen LogP contribution in [0.15, 0.2) is 36.7 Å². The number of allylic oxidation sites excluding steroid dienone is 2. The van der Waals surface area contributed by atoms with Crippen molar-refractivity contribution in [3.05, 3.63) is 36.7 Å². The lowest BCUT2D eigenvalue weighted by molar-refractivity contribution is -0.144. The van der Waals surface area contributed by atoms with Gasteiger partial charge in [-0.2, -0.15) is 0 Å². The molecule has 1 unspecified atom stereocenters. The van der Waals surface area contributed by atoms with E-state index in [0.717, 1.165) is 25.0 Å². The Morgan fingerprint density at radius 3 is 2.95 bits per heavy atom. The lowest BCUT2D eigenvalue weighted by atomic mass is 9.92. The van der Waals surface area contributed by atoms with E-state index in [1.54, 1.807) is 12.4 Å². The van der Waals surface area contributed by atoms with E-state index in [9.17, 15) is 4.79 Å². The fourth-order valence-electron chi connectivity index (χ4n) is 2.58. The maximum atomic E-state index is 12.2. The van der Waals surface area contributed by atoms with Gasteiger partial charge in [0.25, 0.3) is 0 Å². The van der Waals surface area contributed by atoms with Gasteiger partial charge < -0.3 is 9.64 Å². The number of nitrogens with zero attached hydrogens (tertiary/aromatic N) is 2. The third-order valence-corrected chi connectivity index (χ3v) is 3.72. The van der Waals surface area contributed by atoms with Crippen LogP contribution >= 0.6 is 0 Å². The van der Waals surface area contributed by atoms with Crippen LogP contribution in [0.25, 0.3) is 0 Å². The van der Waals surface area contributed by atoms with Crippen LogP contribution in [0.5, 0.6) is 5.75 Å². The Morgan fingerprint density at radius 2 is 2.26 bits per heavy atom. The largest absolute Gasteiger partial charge is 0.485 e. The summed E-state index contributed by atoms with van der Waals surface area (Å²) in [5, 5.41) is 0. The number of aromatic nitrogens is 1. The van der Waals surface area contributed by atoms with E-state index in [1.807, 2.05) is 17.0 Å². The Bertz CT molecular complexity index is 466. The fourth-order valence-corrected chi connectivity index (χ4v) is 2.58. The van der Waals surface area contributed by atoms with Gasteiger partial charge in [-0.05, 0) is 31.4 Å². The molecule has 1 aromatic heterocycles. The first-order valence-electron chi connectivity index (χ1n) is 6.83. The third kappa shape index (κ3) is 2.78. The molecule has 0 radical (unpaired) electrons. The topological polar surface area (TPSA) is 42.4 Å². The van der Waals surface area contributed by atoms with Gasteiger partial charge in [-0.15, -0.1) is 0 Å². The second kappa shape index (κ2) is 5.43. The van der Waals surface area contributed by atoms with Gasteiger partial charge >= 0.3 is 0 Å². The van der Waals surface area contributed by atoms with E-state index in [0.29, 0.717) is 13.1 Å². The number of ether oxygens (including phenoxy) is 1. The maximum absolute atomic E-state index is 12.2. The lowest BCUT2D eigenvalue weighted by Gasteiger charge is -2.40. The van der Waals surface area contributed by atoms with Gasteiger partial charge in [-0.1, -0.05) is 12.2 Å². The molecule has 3 rings (SSSR count). The standard InChI is InChI=1S/C15H18N2O2/c18-15(12-5-2-1-3-6-12)17-10-14(11-17)19-13-7-4-8-16-9-13/h1-2,4,7-9,12,14H,3,5-6,10-11H2. The average Bonchev–Trinajstić information content (AvgIpc) is 2.44. The Morgan fingerprint density at radius 1 is 1.37 bits per heavy atom. The number of amides is 1. The first-order chi connectivity index (χ1) is 9.33. The summed E-state index contributed by atoms with van der Waals surface area (Å²) in [4.78, 5) is 18.1. The Labute approximate surface area is 113 Å². The SMILES string of the molecule is O=C(C1CC=CCC1)N1CC(Oc2cccnc2)C1. The van der Waals surface area contributed by atoms with Crippen molar-refractivity contribution in [2.24, 2.45) is 5.92 Å². The van der Waals surface area contributed by atoms with Crippen molar-refractivity contribution in [3.63, 3.8) is 0 Å². The molecule has 1 amide bonds. The predicted molar refractivity (Wildman–Crippen MR) is 71.7 cm³/mol. The van der Waals surface area contributed by atoms with Gasteiger partial charge in [0, 0.05) is 12.1 Å². The van der Waals surface area contributed by atoms with Crippen LogP contribution in [-0.2, 0) is 4.79 Å². The average molecular weight is 258 g/mol. The second-order valence-electron chi connectivity index (χ2n) is 5.15. The zero-order valence-corrected chi connectivity index (χ0v) is 10.9. The third-order valence-electron chi connectivity index (χ3n) is 3.72. The quantitative estimate of drug-likeness (QED) is 0.779. The summed E-state index contributed by atoms with van der Waals surface area (Å²) < 4.78 is 5.75. The van der Waals surface area contributed by atoms with Gasteiger partial charge in [0.2, 0.25) is 5.91 Å². The molecule has 100 valence electrons. The Hall–Kier alpha value is -1.84. The molecule has 1 saturated heterocycles. The molecule has 1 aliphatic heterocycles. The van der Waals surface area contributed by atoms with Crippen LogP contribution in [-0.4, -0.2) is 35.0 Å². The normalized spacial score (nSPS) is 22.9. The smallest absolute Gasteiger partial charge is 0.226 e. The van der Waals surface area contributed by atoms with E-state index in [4.69, 9.17) is 4.74 Å². The molecule has 1 aliphatic carbocycles. The van der Waals surface area contributed by atoms with E-state index >= 15 is 0 Å². The first kappa shape index (κ1) is 12.2. The minimum Gasteiger partial charge on any atom is -0.485 e. The molecular formula is C15H18N2O2. The molecule has 1 atom stereocenters. The summed E-state index contributed by atoms with van der Waals surface area (Å²) in [5.74, 6) is 1.25. The zero-order chi connectivity index (χ0) is 13.1. The fraction of sp³-hybridized carbons (Fsp3) is 0.467. The van der Waals surface area contributed by atoms with E-state index < -0.39 is 0 Å². The highest BCUT2D eigenvalue weighted by atomic mass is 16.5. The van der Waals surface area contributed by atoms with Gasteiger partial charge in [0.05, 0.1) is 19.3 Å². The summed E-state index contributed by atoms with van der Waals surface area (Å²) in [6, 6.07) is 3.74. The van der Waals surface area contributed by atoms with Crippen molar-refractivity contribution >= 4 is 5.91 Å². The lowest BCUT2D eigenvalue weighted by Crippen LogP contribution is -2.57. The van der Waals surface area contributed by atoms with Crippen molar-refractivity contribution in [2.45, 2.75) is 25.4 Å². The molecule has 4 nitrogen and oxygen atoms in total. The molecule has 0 saturated carbocycles. The zero-order valence-electron chi connectivity index (χ0n) is 10.9. The van der Waals surface area contributed by atoms with E-state index in [-0.39, 0.29) is 17.9 Å². The van der Waals surface area contributed by atoms with Gasteiger partial charge in [-0.25, -0.2) is 0 Å². The van der Waals surface area contributed by atoms with Crippen molar-refractivity contribution in [1.29, 1.82) is 0 Å². The van der Waals surface area contributed by atoms with Crippen LogP contribution in [0, 0.1) is 5.92 Å². The minimum absolute atomic E-state index is 0.118. The van der Waals surface area contributed by atoms with Crippen LogP contribution in [0.3, 0.4) is 0 Å². The summed E-state index contributed by atoms with van der Waals surface area (Å²) in [6.07, 6.45) is 10.7. The Kier molecular flexibility index (Phi) is 3.49. The van der Waals surface area contributed by atoms with Gasteiger partial charge in [0.1, 0.15) is 11.9 Å². The van der Waals surface area contributed by atoms with Crippen molar-refractivity contribution < 1.29 is 9.53 Å². The second-order valence-corrected chi connectivity index (χ2v) is 5.15. The number of likely N-dealkylation sites (tertiary alicyclic amines) is 1. The van der Waals surface area contributed by atoms with Crippen LogP contribution in [0.4, 0.5) is 0 Å². The monoisotopic (exact) mass is 258 g/mol. The summed E-state index contributed by atoms with van der Waals surface area (Å²) >= 11 is 0. The molecule has 19 heavy (non-hydrogen) atoms. The highest BCUT2D eigenvalue weighted by molar-refractivity contribution is 5.80. The molecule has 0 bridgehead atoms. The molecule has 2 aliphatic rings. The number of carbonyl (C=O) groups excluding carboxylic acids is 1. The molecule has 0 N–H and O–H groups in total. The van der Waals surface area contributed by atoms with Crippen LogP contribution in [0.1, 0.15) is 19.3 Å². The summed E-state index contributed by atoms with van der Waals surface area (Å²) in [6.45, 7) is 1.40. The number of hydrogen-bond donors (Lipinski definition) is 0. The van der Waals surface area contributed by atoms with E-state index in [1.165, 1.54) is 0 Å². The molecular weight excluding hydrogens is 240 g/mol. The van der Waals surface area contributed by atoms with E-state index in [2.05, 4.69) is 17.1 Å². The number of pyridine rings is 1. The maximum Gasteiger partial charge on any atom is 0.226 e. The van der Waals surface area contributed by atoms with Gasteiger partial charge in [0.15, 0.2) is 0 Å². The molecule has 0 aromatic carbocycles. The summed E-state index contributed by atoms with van der Waals surface area (Å²) in [5.41, 5.74) is 0. The van der Waals surface area contributed by atoms with Crippen LogP contribution in [0.2, 0.25) is 0 Å². The number of rotatable bonds is 3. The highest BCUT2D eigenvalue weighted by Crippen LogP contribution is 2.24. The van der Waals surface area contributed by atoms with Crippen molar-refractivity contribution in [1.82, 2.24) is 9.88 Å². The molecule has 0 spiro atoms. The number of carbonyl (C=O) groups is 1. The predicted octanol–water partition coefficient (Wildman–Crippen LogP) is 2.03. The van der Waals surface area contributed by atoms with Crippen molar-refractivity contribution in [2.75, 3.05) is 13.1 Å². The molecule has 4 heteroatoms. The highest BCUT2D eigenvalue weighted by Gasteiger charge is 2.35. The molecule has 1 aromatic rings. The van der Waals surface area contributed by atoms with Gasteiger partial charge in [-0.3, -0.25) is 9.78 Å².